The summed E-state index contributed by atoms with van der Waals surface area (Å²) in [4.78, 5) is 0. The third-order valence-corrected chi connectivity index (χ3v) is 1.49. The molecule has 0 fully saturated rings. The predicted molar refractivity (Wildman–Crippen MR) is 38.6 cm³/mol. The van der Waals surface area contributed by atoms with Crippen LogP contribution in [0.1, 0.15) is 13.3 Å². The fourth-order valence-electron chi connectivity index (χ4n) is 0.897. The third-order valence-electron chi connectivity index (χ3n) is 1.49. The van der Waals surface area contributed by atoms with Gasteiger partial charge in [0, 0.05) is 5.70 Å². The molecular formula is C7H12N2. The van der Waals surface area contributed by atoms with Crippen LogP contribution in [0.4, 0.5) is 0 Å². The monoisotopic (exact) mass is 124 g/mol. The predicted octanol–water partition coefficient (Wildman–Crippen LogP) is 0.725. The molecule has 0 radical (unpaired) electrons. The summed E-state index contributed by atoms with van der Waals surface area (Å²) >= 11 is 0. The quantitative estimate of drug-likeness (QED) is 0.540. The smallest absolute Gasteiger partial charge is 0.0649 e. The second-order valence-corrected chi connectivity index (χ2v) is 2.15. The van der Waals surface area contributed by atoms with Gasteiger partial charge in [-0.15, -0.1) is 0 Å². The first-order valence-electron chi connectivity index (χ1n) is 3.23. The van der Waals surface area contributed by atoms with Crippen LogP contribution in [-0.2, 0) is 0 Å². The molecule has 1 heterocycles. The average molecular weight is 124 g/mol. The lowest BCUT2D eigenvalue weighted by Gasteiger charge is -2.17. The summed E-state index contributed by atoms with van der Waals surface area (Å²) in [6.07, 6.45) is 6.82. The van der Waals surface area contributed by atoms with Crippen LogP contribution in [-0.4, -0.2) is 6.04 Å². The van der Waals surface area contributed by atoms with E-state index in [0.717, 1.165) is 12.1 Å². The van der Waals surface area contributed by atoms with Crippen molar-refractivity contribution in [1.82, 2.24) is 5.32 Å². The van der Waals surface area contributed by atoms with E-state index in [1.807, 2.05) is 18.4 Å². The van der Waals surface area contributed by atoms with E-state index in [4.69, 9.17) is 5.73 Å². The van der Waals surface area contributed by atoms with E-state index in [1.54, 1.807) is 0 Å². The fraction of sp³-hybridized carbons (Fsp3) is 0.429. The highest BCUT2D eigenvalue weighted by Gasteiger charge is 2.06. The topological polar surface area (TPSA) is 38.0 Å². The van der Waals surface area contributed by atoms with Crippen molar-refractivity contribution in [2.75, 3.05) is 0 Å². The number of hydrogen-bond acceptors (Lipinski definition) is 2. The molecule has 0 aliphatic carbocycles. The van der Waals surface area contributed by atoms with Crippen LogP contribution in [0.25, 0.3) is 0 Å². The maximum absolute atomic E-state index is 5.64. The van der Waals surface area contributed by atoms with E-state index < -0.39 is 0 Å². The summed E-state index contributed by atoms with van der Waals surface area (Å²) in [6, 6.07) is 0.356. The van der Waals surface area contributed by atoms with Gasteiger partial charge in [0.1, 0.15) is 0 Å². The van der Waals surface area contributed by atoms with Gasteiger partial charge in [0.2, 0.25) is 0 Å². The minimum Gasteiger partial charge on any atom is -0.400 e. The molecule has 9 heavy (non-hydrogen) atoms. The van der Waals surface area contributed by atoms with Gasteiger partial charge < -0.3 is 11.1 Å². The molecule has 0 aromatic carbocycles. The molecule has 2 nitrogen and oxygen atoms in total. The van der Waals surface area contributed by atoms with Gasteiger partial charge >= 0.3 is 0 Å². The normalized spacial score (nSPS) is 25.0. The molecule has 0 amide bonds. The van der Waals surface area contributed by atoms with Gasteiger partial charge in [0.05, 0.1) is 6.04 Å². The molecular weight excluding hydrogens is 112 g/mol. The molecule has 0 aromatic heterocycles. The second-order valence-electron chi connectivity index (χ2n) is 2.15. The number of dihydropyridines is 1. The Morgan fingerprint density at radius 1 is 1.78 bits per heavy atom. The Labute approximate surface area is 55.4 Å². The van der Waals surface area contributed by atoms with Crippen LogP contribution in [0.3, 0.4) is 0 Å². The van der Waals surface area contributed by atoms with Crippen molar-refractivity contribution >= 4 is 0 Å². The summed E-state index contributed by atoms with van der Waals surface area (Å²) in [5, 5.41) is 3.14. The first-order chi connectivity index (χ1) is 4.34. The first-order valence-corrected chi connectivity index (χ1v) is 3.23. The molecule has 1 rings (SSSR count). The van der Waals surface area contributed by atoms with E-state index in [9.17, 15) is 0 Å². The van der Waals surface area contributed by atoms with E-state index in [0.29, 0.717) is 6.04 Å². The zero-order valence-electron chi connectivity index (χ0n) is 5.59. The van der Waals surface area contributed by atoms with Crippen molar-refractivity contribution in [3.05, 3.63) is 24.0 Å². The minimum absolute atomic E-state index is 0.356. The van der Waals surface area contributed by atoms with Gasteiger partial charge in [0.15, 0.2) is 0 Å². The zero-order valence-corrected chi connectivity index (χ0v) is 5.59. The largest absolute Gasteiger partial charge is 0.400 e. The van der Waals surface area contributed by atoms with Crippen molar-refractivity contribution in [3.63, 3.8) is 0 Å². The van der Waals surface area contributed by atoms with Crippen LogP contribution in [0.2, 0.25) is 0 Å². The number of nitrogens with two attached hydrogens (primary N) is 1. The molecule has 0 saturated heterocycles. The highest BCUT2D eigenvalue weighted by atomic mass is 14.9. The lowest BCUT2D eigenvalue weighted by atomic mass is 10.1. The fourth-order valence-corrected chi connectivity index (χ4v) is 0.897. The van der Waals surface area contributed by atoms with Gasteiger partial charge in [-0.1, -0.05) is 6.92 Å². The van der Waals surface area contributed by atoms with Crippen molar-refractivity contribution in [1.29, 1.82) is 0 Å². The van der Waals surface area contributed by atoms with Gasteiger partial charge in [-0.05, 0) is 24.8 Å². The molecule has 1 aliphatic rings. The standard InChI is InChI=1S/C7H12N2/c1-2-7-6(8)4-3-5-9-7/h3-5,7,9H,2,8H2,1H3. The molecule has 2 heteroatoms. The van der Waals surface area contributed by atoms with Crippen molar-refractivity contribution in [2.24, 2.45) is 5.73 Å². The van der Waals surface area contributed by atoms with Crippen molar-refractivity contribution < 1.29 is 0 Å². The van der Waals surface area contributed by atoms with Crippen molar-refractivity contribution in [2.45, 2.75) is 19.4 Å². The van der Waals surface area contributed by atoms with E-state index in [1.165, 1.54) is 0 Å². The van der Waals surface area contributed by atoms with Crippen LogP contribution in [0, 0.1) is 0 Å². The zero-order chi connectivity index (χ0) is 6.69. The highest BCUT2D eigenvalue weighted by Crippen LogP contribution is 2.03. The molecule has 0 bridgehead atoms. The van der Waals surface area contributed by atoms with Gasteiger partial charge in [-0.3, -0.25) is 0 Å². The molecule has 0 spiro atoms. The van der Waals surface area contributed by atoms with Crippen LogP contribution >= 0.6 is 0 Å². The Morgan fingerprint density at radius 3 is 3.00 bits per heavy atom. The molecule has 50 valence electrons. The SMILES string of the molecule is CCC1NC=CC=C1N. The molecule has 1 atom stereocenters. The first kappa shape index (κ1) is 6.20. The number of allylic oxidation sites excluding steroid dienone is 2. The Hall–Kier alpha value is -0.920. The third kappa shape index (κ3) is 1.25. The van der Waals surface area contributed by atoms with E-state index >= 15 is 0 Å². The van der Waals surface area contributed by atoms with Gasteiger partial charge in [0.25, 0.3) is 0 Å². The van der Waals surface area contributed by atoms with Crippen LogP contribution < -0.4 is 11.1 Å². The summed E-state index contributed by atoms with van der Waals surface area (Å²) < 4.78 is 0. The van der Waals surface area contributed by atoms with Crippen LogP contribution in [0.5, 0.6) is 0 Å². The maximum atomic E-state index is 5.64. The average Bonchev–Trinajstić information content (AvgIpc) is 1.89. The molecule has 0 saturated carbocycles. The number of nitrogens with one attached hydrogen (secondary N) is 1. The van der Waals surface area contributed by atoms with E-state index in [-0.39, 0.29) is 0 Å². The number of rotatable bonds is 1. The Bertz CT molecular complexity index is 147. The Balaban J connectivity index is 2.59. The summed E-state index contributed by atoms with van der Waals surface area (Å²) in [5.74, 6) is 0. The van der Waals surface area contributed by atoms with Crippen LogP contribution in [0.15, 0.2) is 24.0 Å². The molecule has 0 aromatic rings. The lowest BCUT2D eigenvalue weighted by Crippen LogP contribution is -2.31. The summed E-state index contributed by atoms with van der Waals surface area (Å²) in [6.45, 7) is 2.11. The van der Waals surface area contributed by atoms with Gasteiger partial charge in [-0.25, -0.2) is 0 Å². The molecule has 1 unspecified atom stereocenters. The Kier molecular flexibility index (Phi) is 1.78. The summed E-state index contributed by atoms with van der Waals surface area (Å²) in [5.41, 5.74) is 6.57. The van der Waals surface area contributed by atoms with Gasteiger partial charge in [-0.2, -0.15) is 0 Å². The lowest BCUT2D eigenvalue weighted by molar-refractivity contribution is 0.630. The van der Waals surface area contributed by atoms with Crippen molar-refractivity contribution in [3.8, 4) is 0 Å². The summed E-state index contributed by atoms with van der Waals surface area (Å²) in [7, 11) is 0. The number of hydrogen-bond donors (Lipinski definition) is 2. The second kappa shape index (κ2) is 2.58. The highest BCUT2D eigenvalue weighted by molar-refractivity contribution is 5.19. The molecule has 1 aliphatic heterocycles. The maximum Gasteiger partial charge on any atom is 0.0649 e. The molecule has 3 N–H and O–H groups in total. The van der Waals surface area contributed by atoms with E-state index in [2.05, 4.69) is 12.2 Å². The Morgan fingerprint density at radius 2 is 2.56 bits per heavy atom. The minimum atomic E-state index is 0.356.